The first-order valence-corrected chi connectivity index (χ1v) is 7.46. The number of alkyl halides is 3. The average molecular weight is 328 g/mol. The van der Waals surface area contributed by atoms with Crippen LogP contribution in [0.2, 0.25) is 0 Å². The molecule has 1 aliphatic rings. The molecule has 1 aromatic rings. The van der Waals surface area contributed by atoms with Gasteiger partial charge in [0.15, 0.2) is 0 Å². The molecule has 0 saturated heterocycles. The molecule has 0 saturated carbocycles. The fourth-order valence-corrected chi connectivity index (χ4v) is 2.85. The lowest BCUT2D eigenvalue weighted by Gasteiger charge is -2.32. The Hall–Kier alpha value is -2.05. The predicted octanol–water partition coefficient (Wildman–Crippen LogP) is 3.58. The van der Waals surface area contributed by atoms with Crippen LogP contribution in [0.1, 0.15) is 37.3 Å². The van der Waals surface area contributed by atoms with Crippen molar-refractivity contribution >= 4 is 23.2 Å². The van der Waals surface area contributed by atoms with Gasteiger partial charge in [0.2, 0.25) is 11.8 Å². The maximum absolute atomic E-state index is 12.3. The van der Waals surface area contributed by atoms with Gasteiger partial charge in [-0.3, -0.25) is 9.59 Å². The zero-order chi connectivity index (χ0) is 17.2. The summed E-state index contributed by atoms with van der Waals surface area (Å²) in [5.41, 5.74) is 2.88. The normalized spacial score (nSPS) is 14.4. The van der Waals surface area contributed by atoms with Crippen LogP contribution in [0.3, 0.4) is 0 Å². The van der Waals surface area contributed by atoms with Gasteiger partial charge in [-0.1, -0.05) is 6.07 Å². The van der Waals surface area contributed by atoms with Crippen LogP contribution >= 0.6 is 0 Å². The molecule has 4 nitrogen and oxygen atoms in total. The third kappa shape index (κ3) is 4.24. The quantitative estimate of drug-likeness (QED) is 0.922. The smallest absolute Gasteiger partial charge is 0.326 e. The topological polar surface area (TPSA) is 49.4 Å². The number of nitrogens with zero attached hydrogens (tertiary/aromatic N) is 1. The second-order valence-electron chi connectivity index (χ2n) is 5.70. The van der Waals surface area contributed by atoms with E-state index >= 15 is 0 Å². The van der Waals surface area contributed by atoms with Crippen LogP contribution < -0.4 is 10.2 Å². The summed E-state index contributed by atoms with van der Waals surface area (Å²) in [6, 6.07) is 3.53. The highest BCUT2D eigenvalue weighted by Crippen LogP contribution is 2.36. The van der Waals surface area contributed by atoms with Crippen molar-refractivity contribution in [1.82, 2.24) is 0 Å². The number of hydrogen-bond acceptors (Lipinski definition) is 2. The Bertz CT molecular complexity index is 626. The first kappa shape index (κ1) is 17.3. The minimum atomic E-state index is -4.35. The van der Waals surface area contributed by atoms with Crippen LogP contribution in [-0.2, 0) is 16.0 Å². The van der Waals surface area contributed by atoms with Gasteiger partial charge in [0.25, 0.3) is 0 Å². The molecule has 0 fully saturated rings. The molecule has 0 aromatic heterocycles. The Kier molecular flexibility index (Phi) is 4.97. The van der Waals surface area contributed by atoms with E-state index < -0.39 is 24.9 Å². The second-order valence-corrected chi connectivity index (χ2v) is 5.70. The highest BCUT2D eigenvalue weighted by Gasteiger charge is 2.31. The minimum Gasteiger partial charge on any atom is -0.326 e. The Labute approximate surface area is 132 Å². The number of benzene rings is 1. The number of carbonyl (C=O) groups excluding carboxylic acids is 2. The molecule has 7 heteroatoms. The molecule has 1 heterocycles. The lowest BCUT2D eigenvalue weighted by Crippen LogP contribution is -2.37. The summed E-state index contributed by atoms with van der Waals surface area (Å²) in [6.07, 6.45) is -4.70. The van der Waals surface area contributed by atoms with E-state index in [-0.39, 0.29) is 5.91 Å². The van der Waals surface area contributed by atoms with Gasteiger partial charge in [-0.05, 0) is 37.0 Å². The number of fused-ring (bicyclic) bond motifs is 1. The molecule has 0 radical (unpaired) electrons. The van der Waals surface area contributed by atoms with E-state index in [1.54, 1.807) is 12.1 Å². The Morgan fingerprint density at radius 2 is 2.00 bits per heavy atom. The van der Waals surface area contributed by atoms with Crippen LogP contribution in [0.25, 0.3) is 0 Å². The van der Waals surface area contributed by atoms with Crippen molar-refractivity contribution in [3.63, 3.8) is 0 Å². The maximum atomic E-state index is 12.3. The van der Waals surface area contributed by atoms with E-state index in [1.807, 2.05) is 6.92 Å². The highest BCUT2D eigenvalue weighted by atomic mass is 19.4. The Morgan fingerprint density at radius 3 is 2.61 bits per heavy atom. The van der Waals surface area contributed by atoms with Crippen molar-refractivity contribution < 1.29 is 22.8 Å². The number of nitrogens with one attached hydrogen (secondary N) is 1. The van der Waals surface area contributed by atoms with E-state index in [1.165, 1.54) is 11.8 Å². The van der Waals surface area contributed by atoms with Crippen molar-refractivity contribution in [1.29, 1.82) is 0 Å². The lowest BCUT2D eigenvalue weighted by atomic mass is 9.95. The van der Waals surface area contributed by atoms with Crippen LogP contribution in [-0.4, -0.2) is 24.5 Å². The molecule has 0 bridgehead atoms. The SMILES string of the molecule is CC(=O)Nc1ccc(C)c2c1CCCN2C(=O)CCC(F)(F)F. The molecule has 1 N–H and O–H groups in total. The Morgan fingerprint density at radius 1 is 1.30 bits per heavy atom. The molecule has 0 unspecified atom stereocenters. The summed E-state index contributed by atoms with van der Waals surface area (Å²) >= 11 is 0. The summed E-state index contributed by atoms with van der Waals surface area (Å²) in [5, 5.41) is 2.72. The summed E-state index contributed by atoms with van der Waals surface area (Å²) in [5.74, 6) is -0.761. The fourth-order valence-electron chi connectivity index (χ4n) is 2.85. The van der Waals surface area contributed by atoms with Gasteiger partial charge in [0.1, 0.15) is 0 Å². The molecular weight excluding hydrogens is 309 g/mol. The van der Waals surface area contributed by atoms with E-state index in [0.29, 0.717) is 30.8 Å². The van der Waals surface area contributed by atoms with Crippen LogP contribution in [0.15, 0.2) is 12.1 Å². The first-order chi connectivity index (χ1) is 10.7. The molecule has 126 valence electrons. The molecule has 0 aliphatic carbocycles. The van der Waals surface area contributed by atoms with Crippen molar-refractivity contribution in [2.24, 2.45) is 0 Å². The molecular formula is C16H19F3N2O2. The van der Waals surface area contributed by atoms with Gasteiger partial charge < -0.3 is 10.2 Å². The standard InChI is InChI=1S/C16H19F3N2O2/c1-10-5-6-13(20-11(2)22)12-4-3-9-21(15(10)12)14(23)7-8-16(17,18)19/h5-6H,3-4,7-9H2,1-2H3,(H,20,22). The lowest BCUT2D eigenvalue weighted by molar-refractivity contribution is -0.143. The number of rotatable bonds is 3. The van der Waals surface area contributed by atoms with Gasteiger partial charge in [-0.25, -0.2) is 0 Å². The second kappa shape index (κ2) is 6.60. The third-order valence-electron chi connectivity index (χ3n) is 3.80. The predicted molar refractivity (Wildman–Crippen MR) is 81.4 cm³/mol. The average Bonchev–Trinajstić information content (AvgIpc) is 2.46. The van der Waals surface area contributed by atoms with E-state index in [0.717, 1.165) is 11.1 Å². The summed E-state index contributed by atoms with van der Waals surface area (Å²) in [7, 11) is 0. The molecule has 0 spiro atoms. The van der Waals surface area contributed by atoms with Crippen molar-refractivity contribution in [2.75, 3.05) is 16.8 Å². The van der Waals surface area contributed by atoms with Crippen LogP contribution in [0, 0.1) is 6.92 Å². The molecule has 2 rings (SSSR count). The fraction of sp³-hybridized carbons (Fsp3) is 0.500. The Balaban J connectivity index is 2.31. The van der Waals surface area contributed by atoms with E-state index in [4.69, 9.17) is 0 Å². The number of anilines is 2. The maximum Gasteiger partial charge on any atom is 0.389 e. The zero-order valence-electron chi connectivity index (χ0n) is 13.1. The van der Waals surface area contributed by atoms with Gasteiger partial charge in [-0.15, -0.1) is 0 Å². The van der Waals surface area contributed by atoms with Gasteiger partial charge in [0.05, 0.1) is 12.1 Å². The first-order valence-electron chi connectivity index (χ1n) is 7.46. The summed E-state index contributed by atoms with van der Waals surface area (Å²) in [6.45, 7) is 3.60. The summed E-state index contributed by atoms with van der Waals surface area (Å²) in [4.78, 5) is 24.9. The number of hydrogen-bond donors (Lipinski definition) is 1. The molecule has 1 aliphatic heterocycles. The van der Waals surface area contributed by atoms with Crippen LogP contribution in [0.5, 0.6) is 0 Å². The number of halogens is 3. The minimum absolute atomic E-state index is 0.225. The van der Waals surface area contributed by atoms with Gasteiger partial charge >= 0.3 is 6.18 Å². The van der Waals surface area contributed by atoms with Crippen LogP contribution in [0.4, 0.5) is 24.5 Å². The highest BCUT2D eigenvalue weighted by molar-refractivity contribution is 5.98. The summed E-state index contributed by atoms with van der Waals surface area (Å²) < 4.78 is 37.0. The monoisotopic (exact) mass is 328 g/mol. The van der Waals surface area contributed by atoms with Crippen molar-refractivity contribution in [2.45, 2.75) is 45.7 Å². The van der Waals surface area contributed by atoms with Gasteiger partial charge in [-0.2, -0.15) is 13.2 Å². The number of carbonyl (C=O) groups is 2. The van der Waals surface area contributed by atoms with Crippen molar-refractivity contribution in [3.05, 3.63) is 23.3 Å². The van der Waals surface area contributed by atoms with Gasteiger partial charge in [0, 0.05) is 25.6 Å². The van der Waals surface area contributed by atoms with E-state index in [9.17, 15) is 22.8 Å². The number of amides is 2. The van der Waals surface area contributed by atoms with Crippen molar-refractivity contribution in [3.8, 4) is 0 Å². The molecule has 1 aromatic carbocycles. The largest absolute Gasteiger partial charge is 0.389 e. The van der Waals surface area contributed by atoms with E-state index in [2.05, 4.69) is 5.32 Å². The third-order valence-corrected chi connectivity index (χ3v) is 3.80. The number of aryl methyl sites for hydroxylation is 1. The molecule has 0 atom stereocenters. The zero-order valence-corrected chi connectivity index (χ0v) is 13.1. The molecule has 2 amide bonds. The molecule has 23 heavy (non-hydrogen) atoms.